The molecule has 0 radical (unpaired) electrons. The van der Waals surface area contributed by atoms with Crippen LogP contribution < -0.4 is 0 Å². The first kappa shape index (κ1) is 26.0. The molecule has 0 amide bonds. The highest BCUT2D eigenvalue weighted by molar-refractivity contribution is 6.22. The van der Waals surface area contributed by atoms with E-state index in [2.05, 4.69) is 158 Å². The van der Waals surface area contributed by atoms with Gasteiger partial charge >= 0.3 is 0 Å². The number of rotatable bonds is 3. The summed E-state index contributed by atoms with van der Waals surface area (Å²) >= 11 is 0. The predicted molar refractivity (Wildman–Crippen MR) is 197 cm³/mol. The van der Waals surface area contributed by atoms with Crippen LogP contribution in [0, 0.1) is 0 Å². The summed E-state index contributed by atoms with van der Waals surface area (Å²) in [6.45, 7) is 0. The third kappa shape index (κ3) is 4.00. The van der Waals surface area contributed by atoms with Gasteiger partial charge in [-0.2, -0.15) is 5.10 Å². The standard InChI is InChI=1S/C44H27N3/c1-2-11-30-26-31(22-20-28(30)10-1)43-33-12-3-5-14-35(33)44(36-15-6-4-13-34(36)43)32-23-21-29-24-25-39(45-40(29)27-32)42-19-9-18-41-37-16-7-8-17-38(37)46-47(41)42/h1-27H. The lowest BCUT2D eigenvalue weighted by atomic mass is 9.85. The van der Waals surface area contributed by atoms with Crippen LogP contribution in [0.25, 0.3) is 93.3 Å². The van der Waals surface area contributed by atoms with Crippen LogP contribution in [-0.4, -0.2) is 14.6 Å². The van der Waals surface area contributed by atoms with Crippen molar-refractivity contribution < 1.29 is 0 Å². The quantitative estimate of drug-likeness (QED) is 0.190. The van der Waals surface area contributed by atoms with Gasteiger partial charge in [-0.1, -0.05) is 127 Å². The lowest BCUT2D eigenvalue weighted by Crippen LogP contribution is -1.96. The molecule has 0 unspecified atom stereocenters. The summed E-state index contributed by atoms with van der Waals surface area (Å²) in [5.74, 6) is 0. The van der Waals surface area contributed by atoms with Crippen molar-refractivity contribution in [2.45, 2.75) is 0 Å². The van der Waals surface area contributed by atoms with Gasteiger partial charge in [-0.15, -0.1) is 0 Å². The Hall–Kier alpha value is -6.32. The van der Waals surface area contributed by atoms with Gasteiger partial charge < -0.3 is 0 Å². The van der Waals surface area contributed by atoms with Gasteiger partial charge in [0.25, 0.3) is 0 Å². The van der Waals surface area contributed by atoms with E-state index in [4.69, 9.17) is 10.1 Å². The molecular formula is C44H27N3. The number of aromatic nitrogens is 3. The fourth-order valence-electron chi connectivity index (χ4n) is 7.40. The van der Waals surface area contributed by atoms with Crippen LogP contribution >= 0.6 is 0 Å². The Labute approximate surface area is 271 Å². The summed E-state index contributed by atoms with van der Waals surface area (Å²) in [5.41, 5.74) is 9.78. The first-order chi connectivity index (χ1) is 23.3. The zero-order valence-electron chi connectivity index (χ0n) is 25.4. The minimum absolute atomic E-state index is 0.898. The van der Waals surface area contributed by atoms with Crippen LogP contribution in [0.1, 0.15) is 0 Å². The highest BCUT2D eigenvalue weighted by Crippen LogP contribution is 2.44. The lowest BCUT2D eigenvalue weighted by molar-refractivity contribution is 0.984. The SMILES string of the molecule is c1ccc2cc(-c3c4ccccc4c(-c4ccc5ccc(-c6cccc7c8ccccc8nn67)nc5c4)c4ccccc34)ccc2c1. The molecule has 3 aromatic heterocycles. The van der Waals surface area contributed by atoms with Crippen molar-refractivity contribution in [2.24, 2.45) is 0 Å². The van der Waals surface area contributed by atoms with Gasteiger partial charge in [0.15, 0.2) is 0 Å². The molecule has 0 fully saturated rings. The summed E-state index contributed by atoms with van der Waals surface area (Å²) in [6, 6.07) is 58.6. The minimum atomic E-state index is 0.898. The van der Waals surface area contributed by atoms with Gasteiger partial charge in [-0.25, -0.2) is 9.50 Å². The maximum atomic E-state index is 5.25. The fourth-order valence-corrected chi connectivity index (χ4v) is 7.40. The van der Waals surface area contributed by atoms with Crippen molar-refractivity contribution in [1.29, 1.82) is 0 Å². The van der Waals surface area contributed by atoms with Gasteiger partial charge in [-0.05, 0) is 91.0 Å². The van der Waals surface area contributed by atoms with Crippen molar-refractivity contribution >= 4 is 59.6 Å². The van der Waals surface area contributed by atoms with Crippen LogP contribution in [0.15, 0.2) is 164 Å². The Bertz CT molecular complexity index is 2800. The molecule has 0 spiro atoms. The van der Waals surface area contributed by atoms with E-state index in [-0.39, 0.29) is 0 Å². The minimum Gasteiger partial charge on any atom is -0.246 e. The van der Waals surface area contributed by atoms with E-state index in [9.17, 15) is 0 Å². The van der Waals surface area contributed by atoms with Crippen molar-refractivity contribution in [3.05, 3.63) is 164 Å². The molecule has 218 valence electrons. The number of hydrogen-bond acceptors (Lipinski definition) is 2. The molecule has 7 aromatic carbocycles. The van der Waals surface area contributed by atoms with E-state index >= 15 is 0 Å². The van der Waals surface area contributed by atoms with Gasteiger partial charge in [0.05, 0.1) is 27.9 Å². The van der Waals surface area contributed by atoms with E-state index in [1.165, 1.54) is 49.0 Å². The number of fused-ring (bicyclic) bond motifs is 7. The predicted octanol–water partition coefficient (Wildman–Crippen LogP) is 11.5. The normalized spacial score (nSPS) is 11.8. The molecule has 0 saturated carbocycles. The Morgan fingerprint density at radius 1 is 0.383 bits per heavy atom. The van der Waals surface area contributed by atoms with E-state index in [0.29, 0.717) is 0 Å². The smallest absolute Gasteiger partial charge is 0.0934 e. The molecule has 47 heavy (non-hydrogen) atoms. The molecule has 0 aliphatic heterocycles. The molecule has 0 saturated heterocycles. The van der Waals surface area contributed by atoms with Crippen molar-refractivity contribution in [1.82, 2.24) is 14.6 Å². The summed E-state index contributed by atoms with van der Waals surface area (Å²) < 4.78 is 2.02. The summed E-state index contributed by atoms with van der Waals surface area (Å²) in [6.07, 6.45) is 0. The maximum Gasteiger partial charge on any atom is 0.0934 e. The first-order valence-electron chi connectivity index (χ1n) is 16.0. The second kappa shape index (κ2) is 10.1. The third-order valence-corrected chi connectivity index (χ3v) is 9.57. The molecule has 3 heteroatoms. The number of pyridine rings is 2. The number of nitrogens with zero attached hydrogens (tertiary/aromatic N) is 3. The molecule has 3 heterocycles. The Morgan fingerprint density at radius 3 is 1.68 bits per heavy atom. The Kier molecular flexibility index (Phi) is 5.57. The summed E-state index contributed by atoms with van der Waals surface area (Å²) in [5, 5.41) is 14.6. The van der Waals surface area contributed by atoms with E-state index in [1.54, 1.807) is 0 Å². The average Bonchev–Trinajstić information content (AvgIpc) is 3.52. The monoisotopic (exact) mass is 597 g/mol. The largest absolute Gasteiger partial charge is 0.246 e. The molecule has 10 rings (SSSR count). The maximum absolute atomic E-state index is 5.25. The molecule has 3 nitrogen and oxygen atoms in total. The van der Waals surface area contributed by atoms with Gasteiger partial charge in [0.1, 0.15) is 0 Å². The third-order valence-electron chi connectivity index (χ3n) is 9.57. The number of benzene rings is 7. The second-order valence-electron chi connectivity index (χ2n) is 12.2. The van der Waals surface area contributed by atoms with E-state index in [0.717, 1.165) is 44.3 Å². The highest BCUT2D eigenvalue weighted by atomic mass is 15.2. The van der Waals surface area contributed by atoms with Gasteiger partial charge in [0.2, 0.25) is 0 Å². The topological polar surface area (TPSA) is 30.2 Å². The molecule has 0 atom stereocenters. The lowest BCUT2D eigenvalue weighted by Gasteiger charge is -2.18. The fraction of sp³-hybridized carbons (Fsp3) is 0. The zero-order valence-corrected chi connectivity index (χ0v) is 25.4. The van der Waals surface area contributed by atoms with E-state index in [1.807, 2.05) is 10.6 Å². The molecular weight excluding hydrogens is 571 g/mol. The number of hydrogen-bond donors (Lipinski definition) is 0. The molecule has 10 aromatic rings. The van der Waals surface area contributed by atoms with Crippen LogP contribution in [0.5, 0.6) is 0 Å². The average molecular weight is 598 g/mol. The second-order valence-corrected chi connectivity index (χ2v) is 12.2. The molecule has 0 bridgehead atoms. The Balaban J connectivity index is 1.20. The van der Waals surface area contributed by atoms with Crippen LogP contribution in [0.4, 0.5) is 0 Å². The molecule has 0 N–H and O–H groups in total. The summed E-state index contributed by atoms with van der Waals surface area (Å²) in [4.78, 5) is 5.25. The first-order valence-corrected chi connectivity index (χ1v) is 16.0. The van der Waals surface area contributed by atoms with Crippen LogP contribution in [-0.2, 0) is 0 Å². The van der Waals surface area contributed by atoms with Crippen LogP contribution in [0.3, 0.4) is 0 Å². The Morgan fingerprint density at radius 2 is 0.957 bits per heavy atom. The molecule has 0 aliphatic rings. The van der Waals surface area contributed by atoms with Gasteiger partial charge in [-0.3, -0.25) is 0 Å². The molecule has 0 aliphatic carbocycles. The van der Waals surface area contributed by atoms with Crippen molar-refractivity contribution in [3.63, 3.8) is 0 Å². The highest BCUT2D eigenvalue weighted by Gasteiger charge is 2.18. The van der Waals surface area contributed by atoms with Gasteiger partial charge in [0, 0.05) is 10.8 Å². The van der Waals surface area contributed by atoms with E-state index < -0.39 is 0 Å². The summed E-state index contributed by atoms with van der Waals surface area (Å²) in [7, 11) is 0. The van der Waals surface area contributed by atoms with Crippen molar-refractivity contribution in [3.8, 4) is 33.6 Å². The van der Waals surface area contributed by atoms with Crippen molar-refractivity contribution in [2.75, 3.05) is 0 Å². The van der Waals surface area contributed by atoms with Crippen LogP contribution in [0.2, 0.25) is 0 Å². The zero-order chi connectivity index (χ0) is 30.9.